The molecule has 0 aliphatic carbocycles. The molecule has 0 aromatic carbocycles. The lowest BCUT2D eigenvalue weighted by Crippen LogP contribution is -2.37. The number of nitrogens with zero attached hydrogens (tertiary/aromatic N) is 4. The Morgan fingerprint density at radius 3 is 2.39 bits per heavy atom. The van der Waals surface area contributed by atoms with Crippen LogP contribution < -0.4 is 0 Å². The van der Waals surface area contributed by atoms with Gasteiger partial charge in [0.2, 0.25) is 0 Å². The number of ether oxygens (including phenoxy) is 1. The zero-order chi connectivity index (χ0) is 13.4. The van der Waals surface area contributed by atoms with Gasteiger partial charge in [-0.25, -0.2) is 0 Å². The lowest BCUT2D eigenvalue weighted by atomic mass is 10.2. The molecule has 0 saturated carbocycles. The Morgan fingerprint density at radius 2 is 1.78 bits per heavy atom. The Labute approximate surface area is 110 Å². The highest BCUT2D eigenvalue weighted by Crippen LogP contribution is 2.00. The smallest absolute Gasteiger partial charge is 0.0594 e. The zero-order valence-electron chi connectivity index (χ0n) is 12.1. The molecule has 0 unspecified atom stereocenters. The van der Waals surface area contributed by atoms with Gasteiger partial charge in [0.25, 0.3) is 0 Å². The van der Waals surface area contributed by atoms with Gasteiger partial charge in [0.1, 0.15) is 0 Å². The third-order valence-corrected chi connectivity index (χ3v) is 3.04. The summed E-state index contributed by atoms with van der Waals surface area (Å²) >= 11 is 0. The third-order valence-electron chi connectivity index (χ3n) is 3.04. The molecule has 0 bridgehead atoms. The van der Waals surface area contributed by atoms with E-state index in [0.29, 0.717) is 0 Å². The lowest BCUT2D eigenvalue weighted by molar-refractivity contribution is 0.0391. The highest BCUT2D eigenvalue weighted by atomic mass is 16.5. The minimum absolute atomic E-state index is 0.857. The van der Waals surface area contributed by atoms with Crippen molar-refractivity contribution in [3.05, 3.63) is 0 Å². The number of rotatable bonds is 6. The first-order valence-electron chi connectivity index (χ1n) is 6.73. The maximum absolute atomic E-state index is 5.33. The van der Waals surface area contributed by atoms with Gasteiger partial charge in [0.15, 0.2) is 0 Å². The molecule has 1 saturated heterocycles. The van der Waals surface area contributed by atoms with Crippen molar-refractivity contribution in [1.82, 2.24) is 10.0 Å². The topological polar surface area (TPSA) is 40.4 Å². The number of hydrogen-bond acceptors (Lipinski definition) is 5. The molecule has 5 heteroatoms. The van der Waals surface area contributed by atoms with E-state index in [4.69, 9.17) is 4.74 Å². The van der Waals surface area contributed by atoms with Gasteiger partial charge in [-0.15, -0.1) is 0 Å². The van der Waals surface area contributed by atoms with Crippen LogP contribution in [-0.2, 0) is 4.74 Å². The number of morpholine rings is 1. The van der Waals surface area contributed by atoms with Crippen LogP contribution in [0.15, 0.2) is 10.2 Å². The van der Waals surface area contributed by atoms with Gasteiger partial charge in [-0.1, -0.05) is 6.92 Å². The maximum atomic E-state index is 5.33. The van der Waals surface area contributed by atoms with E-state index in [9.17, 15) is 0 Å². The van der Waals surface area contributed by atoms with Gasteiger partial charge >= 0.3 is 0 Å². The Hall–Kier alpha value is -0.940. The van der Waals surface area contributed by atoms with Crippen LogP contribution in [0.5, 0.6) is 0 Å². The summed E-state index contributed by atoms with van der Waals surface area (Å²) in [7, 11) is 1.89. The highest BCUT2D eigenvalue weighted by Gasteiger charge is 2.09. The first-order valence-corrected chi connectivity index (χ1v) is 6.73. The van der Waals surface area contributed by atoms with Gasteiger partial charge in [0.05, 0.1) is 13.2 Å². The fourth-order valence-electron chi connectivity index (χ4n) is 1.78. The molecule has 0 amide bonds. The van der Waals surface area contributed by atoms with Crippen LogP contribution in [0, 0.1) is 0 Å². The second kappa shape index (κ2) is 8.21. The van der Waals surface area contributed by atoms with Crippen LogP contribution in [0.2, 0.25) is 0 Å². The van der Waals surface area contributed by atoms with Crippen molar-refractivity contribution in [3.8, 4) is 0 Å². The molecular weight excluding hydrogens is 228 g/mol. The van der Waals surface area contributed by atoms with E-state index in [1.54, 1.807) is 5.12 Å². The van der Waals surface area contributed by atoms with E-state index in [1.165, 1.54) is 0 Å². The van der Waals surface area contributed by atoms with Crippen molar-refractivity contribution in [2.75, 3.05) is 39.9 Å². The second-order valence-corrected chi connectivity index (χ2v) is 4.72. The molecule has 1 aliphatic heterocycles. The van der Waals surface area contributed by atoms with Gasteiger partial charge in [-0.2, -0.15) is 15.3 Å². The van der Waals surface area contributed by atoms with E-state index in [1.807, 2.05) is 14.0 Å². The Morgan fingerprint density at radius 1 is 1.17 bits per heavy atom. The highest BCUT2D eigenvalue weighted by molar-refractivity contribution is 5.82. The molecule has 104 valence electrons. The van der Waals surface area contributed by atoms with Crippen molar-refractivity contribution in [3.63, 3.8) is 0 Å². The lowest BCUT2D eigenvalue weighted by Gasteiger charge is -2.26. The average Bonchev–Trinajstić information content (AvgIpc) is 2.37. The van der Waals surface area contributed by atoms with Crippen molar-refractivity contribution in [1.29, 1.82) is 0 Å². The molecular formula is C13H26N4O. The minimum Gasteiger partial charge on any atom is -0.379 e. The molecule has 0 spiro atoms. The summed E-state index contributed by atoms with van der Waals surface area (Å²) in [5.41, 5.74) is 2.22. The van der Waals surface area contributed by atoms with Gasteiger partial charge < -0.3 is 4.74 Å². The first-order chi connectivity index (χ1) is 8.61. The maximum Gasteiger partial charge on any atom is 0.0594 e. The molecule has 1 rings (SSSR count). The summed E-state index contributed by atoms with van der Waals surface area (Å²) < 4.78 is 5.33. The van der Waals surface area contributed by atoms with Gasteiger partial charge in [0, 0.05) is 44.5 Å². The van der Waals surface area contributed by atoms with Crippen molar-refractivity contribution in [2.45, 2.75) is 33.6 Å². The largest absolute Gasteiger partial charge is 0.379 e. The van der Waals surface area contributed by atoms with Crippen molar-refractivity contribution in [2.24, 2.45) is 10.2 Å². The van der Waals surface area contributed by atoms with Crippen LogP contribution in [0.4, 0.5) is 0 Å². The fourth-order valence-corrected chi connectivity index (χ4v) is 1.78. The molecule has 0 aromatic rings. The van der Waals surface area contributed by atoms with Crippen LogP contribution in [0.3, 0.4) is 0 Å². The van der Waals surface area contributed by atoms with E-state index in [2.05, 4.69) is 29.0 Å². The summed E-state index contributed by atoms with van der Waals surface area (Å²) in [4.78, 5) is 2.42. The molecule has 0 aromatic heterocycles. The Bertz CT molecular complexity index is 295. The molecule has 0 N–H and O–H groups in total. The summed E-state index contributed by atoms with van der Waals surface area (Å²) in [6.07, 6.45) is 1.96. The van der Waals surface area contributed by atoms with Crippen LogP contribution in [0.25, 0.3) is 0 Å². The van der Waals surface area contributed by atoms with Crippen LogP contribution in [0.1, 0.15) is 33.6 Å². The molecule has 1 aliphatic rings. The second-order valence-electron chi connectivity index (χ2n) is 4.72. The van der Waals surface area contributed by atoms with Crippen LogP contribution in [-0.4, -0.2) is 61.3 Å². The SMILES string of the molecule is CC/C(C)=N/N(C)/N=C(\C)CCN1CCOCC1. The molecule has 1 heterocycles. The van der Waals surface area contributed by atoms with E-state index in [0.717, 1.165) is 57.1 Å². The average molecular weight is 254 g/mol. The molecule has 0 radical (unpaired) electrons. The van der Waals surface area contributed by atoms with E-state index in [-0.39, 0.29) is 0 Å². The molecule has 5 nitrogen and oxygen atoms in total. The monoisotopic (exact) mass is 254 g/mol. The minimum atomic E-state index is 0.857. The summed E-state index contributed by atoms with van der Waals surface area (Å²) in [5.74, 6) is 0. The number of hydrazone groups is 2. The standard InChI is InChI=1S/C13H26N4O/c1-5-12(2)14-16(4)15-13(3)6-7-17-8-10-18-11-9-17/h5-11H2,1-4H3/b14-12+,15-13+. The Kier molecular flexibility index (Phi) is 6.90. The Balaban J connectivity index is 2.32. The normalized spacial score (nSPS) is 19.1. The summed E-state index contributed by atoms with van der Waals surface area (Å²) in [5, 5.41) is 10.5. The van der Waals surface area contributed by atoms with Crippen LogP contribution >= 0.6 is 0 Å². The third kappa shape index (κ3) is 6.12. The predicted octanol–water partition coefficient (Wildman–Crippen LogP) is 1.80. The fraction of sp³-hybridized carbons (Fsp3) is 0.846. The quantitative estimate of drug-likeness (QED) is 0.536. The molecule has 18 heavy (non-hydrogen) atoms. The van der Waals surface area contributed by atoms with Gasteiger partial charge in [-0.3, -0.25) is 4.90 Å². The summed E-state index contributed by atoms with van der Waals surface area (Å²) in [6.45, 7) is 11.0. The van der Waals surface area contributed by atoms with Crippen molar-refractivity contribution < 1.29 is 4.74 Å². The first kappa shape index (κ1) is 15.1. The molecule has 1 fully saturated rings. The van der Waals surface area contributed by atoms with E-state index < -0.39 is 0 Å². The summed E-state index contributed by atoms with van der Waals surface area (Å²) in [6, 6.07) is 0. The number of hydrogen-bond donors (Lipinski definition) is 0. The predicted molar refractivity (Wildman–Crippen MR) is 76.1 cm³/mol. The van der Waals surface area contributed by atoms with Crippen molar-refractivity contribution >= 4 is 11.4 Å². The molecule has 0 atom stereocenters. The van der Waals surface area contributed by atoms with Gasteiger partial charge in [-0.05, 0) is 20.3 Å². The van der Waals surface area contributed by atoms with E-state index >= 15 is 0 Å². The zero-order valence-corrected chi connectivity index (χ0v) is 12.1.